The topological polar surface area (TPSA) is 114 Å². The molecule has 112 valence electrons. The maximum absolute atomic E-state index is 12.0. The van der Waals surface area contributed by atoms with Crippen LogP contribution in [0.4, 0.5) is 0 Å². The number of esters is 2. The lowest BCUT2D eigenvalue weighted by molar-refractivity contribution is -0.156. The van der Waals surface area contributed by atoms with Crippen LogP contribution < -0.4 is 5.32 Å². The number of methoxy groups -OCH3 is 2. The summed E-state index contributed by atoms with van der Waals surface area (Å²) in [4.78, 5) is 34.9. The molecule has 0 heterocycles. The van der Waals surface area contributed by atoms with E-state index in [1.807, 2.05) is 0 Å². The van der Waals surface area contributed by atoms with Crippen molar-refractivity contribution in [3.05, 3.63) is 35.9 Å². The van der Waals surface area contributed by atoms with Gasteiger partial charge in [-0.1, -0.05) is 35.5 Å². The molecule has 2 N–H and O–H groups in total. The van der Waals surface area contributed by atoms with Crippen LogP contribution in [0.2, 0.25) is 0 Å². The van der Waals surface area contributed by atoms with E-state index < -0.39 is 23.9 Å². The first kappa shape index (κ1) is 16.2. The molecule has 1 rings (SSSR count). The van der Waals surface area contributed by atoms with E-state index in [2.05, 4.69) is 19.9 Å². The zero-order valence-electron chi connectivity index (χ0n) is 11.4. The molecule has 0 saturated heterocycles. The first-order valence-electron chi connectivity index (χ1n) is 5.79. The maximum Gasteiger partial charge on any atom is 0.340 e. The van der Waals surface area contributed by atoms with Gasteiger partial charge in [0.05, 0.1) is 14.2 Å². The molecule has 1 aromatic rings. The average Bonchev–Trinajstić information content (AvgIpc) is 2.52. The van der Waals surface area contributed by atoms with Crippen LogP contribution >= 0.6 is 0 Å². The molecular weight excluding hydrogens is 280 g/mol. The van der Waals surface area contributed by atoms with E-state index in [0.29, 0.717) is 5.56 Å². The lowest BCUT2D eigenvalue weighted by Gasteiger charge is -2.14. The van der Waals surface area contributed by atoms with Crippen LogP contribution in [0.1, 0.15) is 5.56 Å². The third-order valence-electron chi connectivity index (χ3n) is 2.51. The van der Waals surface area contributed by atoms with Crippen molar-refractivity contribution in [2.45, 2.75) is 6.04 Å². The summed E-state index contributed by atoms with van der Waals surface area (Å²) in [7, 11) is 2.12. The number of rotatable bonds is 5. The Hall–Kier alpha value is -2.90. The minimum atomic E-state index is -1.65. The fourth-order valence-electron chi connectivity index (χ4n) is 1.48. The van der Waals surface area contributed by atoms with Gasteiger partial charge in [-0.05, 0) is 0 Å². The Morgan fingerprint density at radius 3 is 2.05 bits per heavy atom. The summed E-state index contributed by atoms with van der Waals surface area (Å²) < 4.78 is 8.80. The van der Waals surface area contributed by atoms with Crippen molar-refractivity contribution in [3.8, 4) is 0 Å². The lowest BCUT2D eigenvalue weighted by atomic mass is 10.1. The smallest absolute Gasteiger partial charge is 0.340 e. The number of oxime groups is 1. The highest BCUT2D eigenvalue weighted by Gasteiger charge is 2.32. The maximum atomic E-state index is 12.0. The van der Waals surface area contributed by atoms with Crippen molar-refractivity contribution in [3.63, 3.8) is 0 Å². The minimum Gasteiger partial charge on any atom is -0.467 e. The Morgan fingerprint density at radius 1 is 1.10 bits per heavy atom. The van der Waals surface area contributed by atoms with Crippen molar-refractivity contribution in [2.75, 3.05) is 14.2 Å². The molecular formula is C13H14N2O6. The van der Waals surface area contributed by atoms with Crippen LogP contribution in [-0.4, -0.2) is 49.0 Å². The van der Waals surface area contributed by atoms with Gasteiger partial charge in [0.1, 0.15) is 0 Å². The van der Waals surface area contributed by atoms with E-state index in [4.69, 9.17) is 5.21 Å². The van der Waals surface area contributed by atoms with Crippen molar-refractivity contribution in [2.24, 2.45) is 5.16 Å². The highest BCUT2D eigenvalue weighted by molar-refractivity contribution is 6.45. The first-order chi connectivity index (χ1) is 10.0. The third-order valence-corrected chi connectivity index (χ3v) is 2.51. The zero-order valence-corrected chi connectivity index (χ0v) is 11.4. The van der Waals surface area contributed by atoms with E-state index in [0.717, 1.165) is 14.2 Å². The Labute approximate surface area is 120 Å². The summed E-state index contributed by atoms with van der Waals surface area (Å²) in [6.07, 6.45) is 0. The van der Waals surface area contributed by atoms with E-state index in [9.17, 15) is 14.4 Å². The van der Waals surface area contributed by atoms with E-state index in [1.165, 1.54) is 12.1 Å². The normalized spacial score (nSPS) is 10.9. The van der Waals surface area contributed by atoms with Gasteiger partial charge in [-0.25, -0.2) is 9.59 Å². The van der Waals surface area contributed by atoms with Crippen molar-refractivity contribution in [1.29, 1.82) is 0 Å². The second-order valence-electron chi connectivity index (χ2n) is 3.77. The van der Waals surface area contributed by atoms with Gasteiger partial charge >= 0.3 is 11.9 Å². The fraction of sp³-hybridized carbons (Fsp3) is 0.231. The summed E-state index contributed by atoms with van der Waals surface area (Å²) in [5.74, 6) is -2.93. The van der Waals surface area contributed by atoms with Crippen LogP contribution in [0.25, 0.3) is 0 Å². The molecule has 8 heteroatoms. The second kappa shape index (κ2) is 7.63. The van der Waals surface area contributed by atoms with Crippen molar-refractivity contribution in [1.82, 2.24) is 5.32 Å². The van der Waals surface area contributed by atoms with Gasteiger partial charge in [0.25, 0.3) is 5.91 Å². The van der Waals surface area contributed by atoms with Gasteiger partial charge in [0.2, 0.25) is 6.04 Å². The summed E-state index contributed by atoms with van der Waals surface area (Å²) in [5.41, 5.74) is -0.0422. The molecule has 21 heavy (non-hydrogen) atoms. The number of benzene rings is 1. The Balaban J connectivity index is 2.96. The van der Waals surface area contributed by atoms with Crippen LogP contribution in [-0.2, 0) is 23.9 Å². The number of amides is 1. The molecule has 0 atom stereocenters. The summed E-state index contributed by atoms with van der Waals surface area (Å²) in [6.45, 7) is 0. The molecule has 8 nitrogen and oxygen atoms in total. The molecule has 0 saturated carbocycles. The Morgan fingerprint density at radius 2 is 1.62 bits per heavy atom. The predicted octanol–water partition coefficient (Wildman–Crippen LogP) is -0.304. The number of hydrogen-bond acceptors (Lipinski definition) is 7. The molecule has 0 fully saturated rings. The molecule has 0 aliphatic rings. The largest absolute Gasteiger partial charge is 0.467 e. The number of hydrogen-bond donors (Lipinski definition) is 2. The third kappa shape index (κ3) is 4.03. The minimum absolute atomic E-state index is 0.311. The molecule has 0 aliphatic heterocycles. The SMILES string of the molecule is COC(=O)C(NC(=O)C(=NO)c1ccccc1)C(=O)OC. The number of nitrogens with zero attached hydrogens (tertiary/aromatic N) is 1. The average molecular weight is 294 g/mol. The summed E-state index contributed by atoms with van der Waals surface area (Å²) >= 11 is 0. The monoisotopic (exact) mass is 294 g/mol. The van der Waals surface area contributed by atoms with Crippen molar-refractivity contribution >= 4 is 23.6 Å². The van der Waals surface area contributed by atoms with Crippen LogP contribution in [0.3, 0.4) is 0 Å². The highest BCUT2D eigenvalue weighted by Crippen LogP contribution is 2.02. The summed E-state index contributed by atoms with van der Waals surface area (Å²) in [5, 5.41) is 13.9. The standard InChI is InChI=1S/C13H14N2O6/c1-20-12(17)10(13(18)21-2)14-11(16)9(15-19)8-6-4-3-5-7-8/h3-7,10,19H,1-2H3,(H,14,16). The number of nitrogens with one attached hydrogen (secondary N) is 1. The van der Waals surface area contributed by atoms with E-state index in [-0.39, 0.29) is 5.71 Å². The van der Waals surface area contributed by atoms with E-state index in [1.54, 1.807) is 18.2 Å². The fourth-order valence-corrected chi connectivity index (χ4v) is 1.48. The van der Waals surface area contributed by atoms with Gasteiger partial charge in [-0.3, -0.25) is 4.79 Å². The number of ether oxygens (including phenoxy) is 2. The van der Waals surface area contributed by atoms with Gasteiger partial charge in [-0.15, -0.1) is 0 Å². The molecule has 0 aromatic heterocycles. The van der Waals surface area contributed by atoms with Crippen LogP contribution in [0, 0.1) is 0 Å². The molecule has 1 amide bonds. The first-order valence-corrected chi connectivity index (χ1v) is 5.79. The molecule has 0 spiro atoms. The van der Waals surface area contributed by atoms with E-state index >= 15 is 0 Å². The van der Waals surface area contributed by atoms with Crippen LogP contribution in [0.15, 0.2) is 35.5 Å². The van der Waals surface area contributed by atoms with Gasteiger partial charge in [0.15, 0.2) is 5.71 Å². The molecule has 0 unspecified atom stereocenters. The molecule has 0 aliphatic carbocycles. The summed E-state index contributed by atoms with van der Waals surface area (Å²) in [6, 6.07) is 6.38. The lowest BCUT2D eigenvalue weighted by Crippen LogP contribution is -2.50. The van der Waals surface area contributed by atoms with Crippen molar-refractivity contribution < 1.29 is 29.1 Å². The quantitative estimate of drug-likeness (QED) is 0.253. The number of carbonyl (C=O) groups is 3. The van der Waals surface area contributed by atoms with Gasteiger partial charge < -0.3 is 20.0 Å². The van der Waals surface area contributed by atoms with Gasteiger partial charge in [-0.2, -0.15) is 0 Å². The van der Waals surface area contributed by atoms with Crippen LogP contribution in [0.5, 0.6) is 0 Å². The molecule has 0 radical (unpaired) electrons. The molecule has 0 bridgehead atoms. The second-order valence-corrected chi connectivity index (χ2v) is 3.77. The predicted molar refractivity (Wildman–Crippen MR) is 70.7 cm³/mol. The molecule has 1 aromatic carbocycles. The number of carbonyl (C=O) groups excluding carboxylic acids is 3. The Bertz CT molecular complexity index is 539. The highest BCUT2D eigenvalue weighted by atomic mass is 16.5. The Kier molecular flexibility index (Phi) is 5.87. The zero-order chi connectivity index (χ0) is 15.8. The van der Waals surface area contributed by atoms with Gasteiger partial charge in [0, 0.05) is 5.56 Å².